The van der Waals surface area contributed by atoms with Gasteiger partial charge in [0.2, 0.25) is 0 Å². The summed E-state index contributed by atoms with van der Waals surface area (Å²) in [6.45, 7) is 5.74. The zero-order valence-corrected chi connectivity index (χ0v) is 18.1. The van der Waals surface area contributed by atoms with Gasteiger partial charge in [-0.3, -0.25) is 0 Å². The number of unbranched alkanes of at least 4 members (excludes halogenated alkanes) is 10. The van der Waals surface area contributed by atoms with Gasteiger partial charge < -0.3 is 9.47 Å². The molecule has 158 valence electrons. The number of ether oxygens (including phenoxy) is 2. The molecule has 3 nitrogen and oxygen atoms in total. The van der Waals surface area contributed by atoms with E-state index in [4.69, 9.17) is 9.47 Å². The van der Waals surface area contributed by atoms with Crippen LogP contribution in [0.5, 0.6) is 5.75 Å². The molecule has 0 saturated heterocycles. The van der Waals surface area contributed by atoms with E-state index in [0.717, 1.165) is 37.2 Å². The standard InChI is InChI=1S/C25H40O3/c1-3-5-7-9-11-13-21-27-24-18-15-23(16-19-24)17-20-25(26)28-22-14-12-10-8-6-4-2/h15-20H,3-14,21-22H2,1-2H3/b20-17+. The van der Waals surface area contributed by atoms with E-state index in [1.165, 1.54) is 63.9 Å². The summed E-state index contributed by atoms with van der Waals surface area (Å²) in [5.41, 5.74) is 0.975. The number of rotatable bonds is 17. The maximum Gasteiger partial charge on any atom is 0.330 e. The van der Waals surface area contributed by atoms with Gasteiger partial charge in [-0.2, -0.15) is 0 Å². The Morgan fingerprint density at radius 2 is 1.29 bits per heavy atom. The molecule has 0 aromatic heterocycles. The van der Waals surface area contributed by atoms with Gasteiger partial charge in [0.25, 0.3) is 0 Å². The average Bonchev–Trinajstić information content (AvgIpc) is 2.72. The molecular formula is C25H40O3. The Labute approximate surface area is 172 Å². The first-order valence-corrected chi connectivity index (χ1v) is 11.3. The predicted octanol–water partition coefficient (Wildman–Crippen LogP) is 7.34. The van der Waals surface area contributed by atoms with Crippen molar-refractivity contribution in [1.29, 1.82) is 0 Å². The van der Waals surface area contributed by atoms with Crippen molar-refractivity contribution in [1.82, 2.24) is 0 Å². The first-order valence-electron chi connectivity index (χ1n) is 11.3. The Hall–Kier alpha value is -1.77. The topological polar surface area (TPSA) is 35.5 Å². The van der Waals surface area contributed by atoms with Gasteiger partial charge in [0.05, 0.1) is 13.2 Å². The molecule has 28 heavy (non-hydrogen) atoms. The minimum Gasteiger partial charge on any atom is -0.494 e. The molecule has 0 fully saturated rings. The first-order chi connectivity index (χ1) is 13.8. The SMILES string of the molecule is CCCCCCCCOC(=O)/C=C/c1ccc(OCCCCCCCC)cc1. The van der Waals surface area contributed by atoms with Crippen molar-refractivity contribution < 1.29 is 14.3 Å². The van der Waals surface area contributed by atoms with Crippen molar-refractivity contribution in [2.24, 2.45) is 0 Å². The normalized spacial score (nSPS) is 11.1. The van der Waals surface area contributed by atoms with Crippen LogP contribution in [0.2, 0.25) is 0 Å². The number of carbonyl (C=O) groups excluding carboxylic acids is 1. The second-order valence-corrected chi connectivity index (χ2v) is 7.45. The third-order valence-electron chi connectivity index (χ3n) is 4.80. The lowest BCUT2D eigenvalue weighted by atomic mass is 10.1. The second kappa shape index (κ2) is 17.3. The van der Waals surface area contributed by atoms with Crippen LogP contribution >= 0.6 is 0 Å². The maximum absolute atomic E-state index is 11.8. The Morgan fingerprint density at radius 3 is 1.89 bits per heavy atom. The van der Waals surface area contributed by atoms with Crippen molar-refractivity contribution in [3.05, 3.63) is 35.9 Å². The molecule has 0 radical (unpaired) electrons. The molecule has 3 heteroatoms. The van der Waals surface area contributed by atoms with Crippen LogP contribution in [0.4, 0.5) is 0 Å². The fourth-order valence-electron chi connectivity index (χ4n) is 3.02. The lowest BCUT2D eigenvalue weighted by molar-refractivity contribution is -0.137. The molecule has 0 atom stereocenters. The highest BCUT2D eigenvalue weighted by Gasteiger charge is 1.99. The number of benzene rings is 1. The molecule has 0 aliphatic carbocycles. The van der Waals surface area contributed by atoms with Gasteiger partial charge in [0.1, 0.15) is 5.75 Å². The smallest absolute Gasteiger partial charge is 0.330 e. The van der Waals surface area contributed by atoms with Gasteiger partial charge >= 0.3 is 5.97 Å². The van der Waals surface area contributed by atoms with Crippen molar-refractivity contribution in [3.8, 4) is 5.75 Å². The fraction of sp³-hybridized carbons (Fsp3) is 0.640. The summed E-state index contributed by atoms with van der Waals surface area (Å²) >= 11 is 0. The molecule has 0 bridgehead atoms. The van der Waals surface area contributed by atoms with Crippen LogP contribution in [0, 0.1) is 0 Å². The summed E-state index contributed by atoms with van der Waals surface area (Å²) in [7, 11) is 0. The van der Waals surface area contributed by atoms with Crippen LogP contribution in [-0.2, 0) is 9.53 Å². The van der Waals surface area contributed by atoms with Crippen LogP contribution in [0.3, 0.4) is 0 Å². The lowest BCUT2D eigenvalue weighted by Crippen LogP contribution is -2.02. The molecule has 0 spiro atoms. The molecule has 0 aliphatic rings. The van der Waals surface area contributed by atoms with Gasteiger partial charge in [-0.1, -0.05) is 90.2 Å². The minimum absolute atomic E-state index is 0.267. The van der Waals surface area contributed by atoms with Gasteiger partial charge in [-0.15, -0.1) is 0 Å². The number of carbonyl (C=O) groups is 1. The van der Waals surface area contributed by atoms with Crippen molar-refractivity contribution in [2.45, 2.75) is 90.9 Å². The van der Waals surface area contributed by atoms with Crippen LogP contribution in [0.15, 0.2) is 30.3 Å². The number of hydrogen-bond donors (Lipinski definition) is 0. The quantitative estimate of drug-likeness (QED) is 0.159. The summed E-state index contributed by atoms with van der Waals surface area (Å²) in [6.07, 6.45) is 18.0. The Balaban J connectivity index is 2.13. The molecule has 0 N–H and O–H groups in total. The molecule has 0 saturated carbocycles. The Bertz CT molecular complexity index is 519. The third-order valence-corrected chi connectivity index (χ3v) is 4.80. The van der Waals surface area contributed by atoms with Gasteiger partial charge in [0.15, 0.2) is 0 Å². The molecule has 1 aromatic rings. The largest absolute Gasteiger partial charge is 0.494 e. The highest BCUT2D eigenvalue weighted by atomic mass is 16.5. The molecule has 0 unspecified atom stereocenters. The minimum atomic E-state index is -0.267. The van der Waals surface area contributed by atoms with Gasteiger partial charge in [-0.25, -0.2) is 4.79 Å². The molecule has 1 aromatic carbocycles. The highest BCUT2D eigenvalue weighted by Crippen LogP contribution is 2.14. The van der Waals surface area contributed by atoms with E-state index in [2.05, 4.69) is 13.8 Å². The number of esters is 1. The zero-order chi connectivity index (χ0) is 20.3. The van der Waals surface area contributed by atoms with E-state index in [0.29, 0.717) is 6.61 Å². The van der Waals surface area contributed by atoms with E-state index in [-0.39, 0.29) is 5.97 Å². The first kappa shape index (κ1) is 24.3. The molecule has 0 heterocycles. The van der Waals surface area contributed by atoms with E-state index in [1.54, 1.807) is 6.08 Å². The summed E-state index contributed by atoms with van der Waals surface area (Å²) < 4.78 is 11.0. The van der Waals surface area contributed by atoms with Crippen molar-refractivity contribution in [2.75, 3.05) is 13.2 Å². The zero-order valence-electron chi connectivity index (χ0n) is 18.1. The van der Waals surface area contributed by atoms with E-state index < -0.39 is 0 Å². The van der Waals surface area contributed by atoms with E-state index in [1.807, 2.05) is 24.3 Å². The number of hydrogen-bond acceptors (Lipinski definition) is 3. The van der Waals surface area contributed by atoms with Gasteiger partial charge in [-0.05, 0) is 36.6 Å². The van der Waals surface area contributed by atoms with E-state index in [9.17, 15) is 4.79 Å². The highest BCUT2D eigenvalue weighted by molar-refractivity contribution is 5.87. The average molecular weight is 389 g/mol. The molecule has 0 amide bonds. The second-order valence-electron chi connectivity index (χ2n) is 7.45. The predicted molar refractivity (Wildman–Crippen MR) is 119 cm³/mol. The molecule has 0 aliphatic heterocycles. The summed E-state index contributed by atoms with van der Waals surface area (Å²) in [4.78, 5) is 11.8. The molecular weight excluding hydrogens is 348 g/mol. The van der Waals surface area contributed by atoms with Crippen LogP contribution in [0.1, 0.15) is 96.5 Å². The van der Waals surface area contributed by atoms with Crippen molar-refractivity contribution >= 4 is 12.0 Å². The monoisotopic (exact) mass is 388 g/mol. The third kappa shape index (κ3) is 13.4. The Morgan fingerprint density at radius 1 is 0.750 bits per heavy atom. The summed E-state index contributed by atoms with van der Waals surface area (Å²) in [5.74, 6) is 0.619. The Kier molecular flexibility index (Phi) is 15.0. The van der Waals surface area contributed by atoms with Crippen LogP contribution in [0.25, 0.3) is 6.08 Å². The lowest BCUT2D eigenvalue weighted by Gasteiger charge is -2.06. The van der Waals surface area contributed by atoms with E-state index >= 15 is 0 Å². The summed E-state index contributed by atoms with van der Waals surface area (Å²) in [5, 5.41) is 0. The maximum atomic E-state index is 11.8. The summed E-state index contributed by atoms with van der Waals surface area (Å²) in [6, 6.07) is 7.85. The van der Waals surface area contributed by atoms with Crippen LogP contribution in [-0.4, -0.2) is 19.2 Å². The van der Waals surface area contributed by atoms with Crippen molar-refractivity contribution in [3.63, 3.8) is 0 Å². The van der Waals surface area contributed by atoms with Gasteiger partial charge in [0, 0.05) is 6.08 Å². The fourth-order valence-corrected chi connectivity index (χ4v) is 3.02. The van der Waals surface area contributed by atoms with Crippen LogP contribution < -0.4 is 4.74 Å². The molecule has 1 rings (SSSR count).